The van der Waals surface area contributed by atoms with Crippen LogP contribution in [0.25, 0.3) is 0 Å². The maximum absolute atomic E-state index is 12.0. The predicted molar refractivity (Wildman–Crippen MR) is 67.2 cm³/mol. The van der Waals surface area contributed by atoms with Gasteiger partial charge in [0.05, 0.1) is 11.8 Å². The Morgan fingerprint density at radius 3 is 2.88 bits per heavy atom. The summed E-state index contributed by atoms with van der Waals surface area (Å²) in [6.07, 6.45) is 4.87. The number of hydrogen-bond acceptors (Lipinski definition) is 2. The van der Waals surface area contributed by atoms with Gasteiger partial charge in [0.15, 0.2) is 0 Å². The molecule has 94 valence electrons. The molecule has 1 aromatic heterocycles. The standard InChI is InChI=1S/C13H18ClNO2/c1-3-9-4-5-11(8(9)2)15-13(16)10-6-7-17-12(10)14/h6-9,11H,3-5H2,1-2H3,(H,15,16). The van der Waals surface area contributed by atoms with Crippen LogP contribution >= 0.6 is 11.6 Å². The van der Waals surface area contributed by atoms with Gasteiger partial charge >= 0.3 is 0 Å². The van der Waals surface area contributed by atoms with Crippen LogP contribution in [-0.2, 0) is 0 Å². The minimum Gasteiger partial charge on any atom is -0.452 e. The first-order valence-corrected chi connectivity index (χ1v) is 6.55. The largest absolute Gasteiger partial charge is 0.452 e. The van der Waals surface area contributed by atoms with Gasteiger partial charge in [0.2, 0.25) is 5.22 Å². The third-order valence-corrected chi connectivity index (χ3v) is 4.22. The Balaban J connectivity index is 1.99. The fourth-order valence-corrected chi connectivity index (χ4v) is 2.93. The van der Waals surface area contributed by atoms with E-state index in [9.17, 15) is 4.79 Å². The lowest BCUT2D eigenvalue weighted by atomic mass is 9.93. The molecular formula is C13H18ClNO2. The molecule has 3 nitrogen and oxygen atoms in total. The zero-order valence-electron chi connectivity index (χ0n) is 10.2. The van der Waals surface area contributed by atoms with Crippen molar-refractivity contribution in [1.82, 2.24) is 5.32 Å². The van der Waals surface area contributed by atoms with E-state index in [0.717, 1.165) is 12.3 Å². The molecule has 1 aromatic rings. The van der Waals surface area contributed by atoms with E-state index < -0.39 is 0 Å². The first-order valence-electron chi connectivity index (χ1n) is 6.17. The second-order valence-electron chi connectivity index (χ2n) is 4.79. The number of carbonyl (C=O) groups is 1. The number of rotatable bonds is 3. The zero-order chi connectivity index (χ0) is 12.4. The molecule has 2 rings (SSSR count). The fourth-order valence-electron chi connectivity index (χ4n) is 2.73. The number of halogens is 1. The SMILES string of the molecule is CCC1CCC(NC(=O)c2ccoc2Cl)C1C. The molecule has 0 saturated heterocycles. The summed E-state index contributed by atoms with van der Waals surface area (Å²) in [7, 11) is 0. The summed E-state index contributed by atoms with van der Waals surface area (Å²) in [5.74, 6) is 1.13. The van der Waals surface area contributed by atoms with Gasteiger partial charge in [-0.05, 0) is 42.3 Å². The Morgan fingerprint density at radius 1 is 1.59 bits per heavy atom. The second kappa shape index (κ2) is 5.13. The smallest absolute Gasteiger partial charge is 0.256 e. The van der Waals surface area contributed by atoms with Gasteiger partial charge in [-0.3, -0.25) is 4.79 Å². The molecule has 1 aliphatic rings. The molecule has 4 heteroatoms. The van der Waals surface area contributed by atoms with E-state index >= 15 is 0 Å². The van der Waals surface area contributed by atoms with E-state index in [1.54, 1.807) is 6.07 Å². The lowest BCUT2D eigenvalue weighted by Crippen LogP contribution is -2.37. The topological polar surface area (TPSA) is 42.2 Å². The Hall–Kier alpha value is -0.960. The highest BCUT2D eigenvalue weighted by molar-refractivity contribution is 6.32. The van der Waals surface area contributed by atoms with Gasteiger partial charge in [-0.25, -0.2) is 0 Å². The summed E-state index contributed by atoms with van der Waals surface area (Å²) in [5, 5.41) is 3.22. The predicted octanol–water partition coefficient (Wildman–Crippen LogP) is 3.49. The minimum atomic E-state index is -0.127. The van der Waals surface area contributed by atoms with Crippen LogP contribution in [0.4, 0.5) is 0 Å². The van der Waals surface area contributed by atoms with Crippen LogP contribution in [0.15, 0.2) is 16.7 Å². The van der Waals surface area contributed by atoms with Crippen LogP contribution in [0.5, 0.6) is 0 Å². The van der Waals surface area contributed by atoms with E-state index in [1.165, 1.54) is 19.1 Å². The Labute approximate surface area is 107 Å². The van der Waals surface area contributed by atoms with Gasteiger partial charge in [-0.15, -0.1) is 0 Å². The highest BCUT2D eigenvalue weighted by Crippen LogP contribution is 2.34. The van der Waals surface area contributed by atoms with Crippen LogP contribution in [0.3, 0.4) is 0 Å². The van der Waals surface area contributed by atoms with Crippen molar-refractivity contribution in [2.24, 2.45) is 11.8 Å². The molecule has 1 N–H and O–H groups in total. The molecule has 0 aromatic carbocycles. The minimum absolute atomic E-state index is 0.127. The number of amides is 1. The summed E-state index contributed by atoms with van der Waals surface area (Å²) in [6.45, 7) is 4.42. The lowest BCUT2D eigenvalue weighted by Gasteiger charge is -2.20. The summed E-state index contributed by atoms with van der Waals surface area (Å²) >= 11 is 5.78. The van der Waals surface area contributed by atoms with E-state index in [2.05, 4.69) is 19.2 Å². The highest BCUT2D eigenvalue weighted by atomic mass is 35.5. The maximum Gasteiger partial charge on any atom is 0.256 e. The van der Waals surface area contributed by atoms with E-state index in [4.69, 9.17) is 16.0 Å². The number of furan rings is 1. The van der Waals surface area contributed by atoms with Crippen LogP contribution in [0.1, 0.15) is 43.5 Å². The van der Waals surface area contributed by atoms with Crippen LogP contribution < -0.4 is 5.32 Å². The van der Waals surface area contributed by atoms with Crippen molar-refractivity contribution >= 4 is 17.5 Å². The van der Waals surface area contributed by atoms with E-state index in [-0.39, 0.29) is 17.2 Å². The number of nitrogens with one attached hydrogen (secondary N) is 1. The van der Waals surface area contributed by atoms with Crippen molar-refractivity contribution in [2.75, 3.05) is 0 Å². The van der Waals surface area contributed by atoms with Crippen molar-refractivity contribution in [3.8, 4) is 0 Å². The Bertz CT molecular complexity index is 402. The fraction of sp³-hybridized carbons (Fsp3) is 0.615. The third kappa shape index (κ3) is 2.49. The molecule has 1 heterocycles. The van der Waals surface area contributed by atoms with Crippen molar-refractivity contribution in [2.45, 2.75) is 39.2 Å². The quantitative estimate of drug-likeness (QED) is 0.898. The normalized spacial score (nSPS) is 28.3. The summed E-state index contributed by atoms with van der Waals surface area (Å²) in [6, 6.07) is 1.87. The number of carbonyl (C=O) groups excluding carboxylic acids is 1. The van der Waals surface area contributed by atoms with Crippen LogP contribution in [0.2, 0.25) is 5.22 Å². The zero-order valence-corrected chi connectivity index (χ0v) is 11.0. The van der Waals surface area contributed by atoms with Gasteiger partial charge < -0.3 is 9.73 Å². The van der Waals surface area contributed by atoms with E-state index in [0.29, 0.717) is 11.5 Å². The molecule has 1 saturated carbocycles. The average molecular weight is 256 g/mol. The monoisotopic (exact) mass is 255 g/mol. The summed E-state index contributed by atoms with van der Waals surface area (Å²) < 4.78 is 4.92. The molecule has 1 amide bonds. The van der Waals surface area contributed by atoms with Crippen molar-refractivity contribution in [3.63, 3.8) is 0 Å². The summed E-state index contributed by atoms with van der Waals surface area (Å²) in [5.41, 5.74) is 0.429. The van der Waals surface area contributed by atoms with Crippen molar-refractivity contribution < 1.29 is 9.21 Å². The Kier molecular flexibility index (Phi) is 3.77. The highest BCUT2D eigenvalue weighted by Gasteiger charge is 2.32. The van der Waals surface area contributed by atoms with Crippen LogP contribution in [0, 0.1) is 11.8 Å². The molecule has 17 heavy (non-hydrogen) atoms. The molecule has 0 spiro atoms. The van der Waals surface area contributed by atoms with Crippen LogP contribution in [-0.4, -0.2) is 11.9 Å². The molecular weight excluding hydrogens is 238 g/mol. The van der Waals surface area contributed by atoms with Crippen molar-refractivity contribution in [3.05, 3.63) is 23.1 Å². The lowest BCUT2D eigenvalue weighted by molar-refractivity contribution is 0.0926. The number of hydrogen-bond donors (Lipinski definition) is 1. The molecule has 1 aliphatic carbocycles. The molecule has 1 fully saturated rings. The molecule has 0 radical (unpaired) electrons. The van der Waals surface area contributed by atoms with Gasteiger partial charge in [0.1, 0.15) is 0 Å². The van der Waals surface area contributed by atoms with E-state index in [1.807, 2.05) is 0 Å². The Morgan fingerprint density at radius 2 is 2.35 bits per heavy atom. The first-order chi connectivity index (χ1) is 8.13. The van der Waals surface area contributed by atoms with Crippen molar-refractivity contribution in [1.29, 1.82) is 0 Å². The summed E-state index contributed by atoms with van der Waals surface area (Å²) in [4.78, 5) is 12.0. The average Bonchev–Trinajstić information content (AvgIpc) is 2.87. The second-order valence-corrected chi connectivity index (χ2v) is 5.14. The maximum atomic E-state index is 12.0. The molecule has 3 atom stereocenters. The first kappa shape index (κ1) is 12.5. The molecule has 3 unspecified atom stereocenters. The van der Waals surface area contributed by atoms with Gasteiger partial charge in [0.25, 0.3) is 5.91 Å². The van der Waals surface area contributed by atoms with Gasteiger partial charge in [-0.2, -0.15) is 0 Å². The third-order valence-electron chi connectivity index (χ3n) is 3.93. The van der Waals surface area contributed by atoms with Gasteiger partial charge in [-0.1, -0.05) is 20.3 Å². The van der Waals surface area contributed by atoms with Gasteiger partial charge in [0, 0.05) is 6.04 Å². The molecule has 0 aliphatic heterocycles. The molecule has 0 bridgehead atoms.